The summed E-state index contributed by atoms with van der Waals surface area (Å²) in [5.41, 5.74) is 8.43. The fourth-order valence-corrected chi connectivity index (χ4v) is 4.36. The second-order valence-electron chi connectivity index (χ2n) is 6.87. The zero-order valence-corrected chi connectivity index (χ0v) is 14.5. The second-order valence-corrected chi connectivity index (χ2v) is 7.30. The summed E-state index contributed by atoms with van der Waals surface area (Å²) in [7, 11) is 0. The minimum Gasteiger partial charge on any atom is -0.390 e. The number of benzene rings is 1. The number of halogens is 1. The van der Waals surface area contributed by atoms with Gasteiger partial charge in [-0.25, -0.2) is 4.98 Å². The van der Waals surface area contributed by atoms with Crippen LogP contribution in [0.5, 0.6) is 0 Å². The molecule has 1 aliphatic carbocycles. The molecule has 0 radical (unpaired) electrons. The van der Waals surface area contributed by atoms with Gasteiger partial charge in [-0.1, -0.05) is 35.9 Å². The molecule has 2 atom stereocenters. The summed E-state index contributed by atoms with van der Waals surface area (Å²) in [6.07, 6.45) is 2.25. The molecule has 1 aromatic heterocycles. The molecule has 1 fully saturated rings. The molecule has 130 valence electrons. The van der Waals surface area contributed by atoms with Crippen LogP contribution >= 0.6 is 11.6 Å². The molecular formula is C19H20ClN3O2. The Bertz CT molecular complexity index is 801. The van der Waals surface area contributed by atoms with E-state index in [9.17, 15) is 9.90 Å². The molecule has 1 aliphatic heterocycles. The number of aliphatic hydroxyl groups is 1. The molecule has 1 spiro atoms. The summed E-state index contributed by atoms with van der Waals surface area (Å²) in [6.45, 7) is 1.14. The number of hydrogen-bond acceptors (Lipinski definition) is 4. The molecular weight excluding hydrogens is 338 g/mol. The Balaban J connectivity index is 1.55. The van der Waals surface area contributed by atoms with Crippen molar-refractivity contribution < 1.29 is 9.90 Å². The predicted octanol–water partition coefficient (Wildman–Crippen LogP) is 2.28. The second kappa shape index (κ2) is 6.09. The molecule has 3 N–H and O–H groups in total. The topological polar surface area (TPSA) is 79.5 Å². The maximum Gasteiger partial charge on any atom is 0.272 e. The monoisotopic (exact) mass is 357 g/mol. The van der Waals surface area contributed by atoms with E-state index in [4.69, 9.17) is 17.3 Å². The molecule has 0 unspecified atom stereocenters. The Morgan fingerprint density at radius 3 is 2.64 bits per heavy atom. The van der Waals surface area contributed by atoms with Crippen molar-refractivity contribution in [3.63, 3.8) is 0 Å². The molecule has 6 heteroatoms. The van der Waals surface area contributed by atoms with E-state index in [0.29, 0.717) is 36.6 Å². The number of carbonyl (C=O) groups excluding carboxylic acids is 1. The van der Waals surface area contributed by atoms with E-state index in [1.807, 2.05) is 18.2 Å². The largest absolute Gasteiger partial charge is 0.390 e. The van der Waals surface area contributed by atoms with E-state index in [1.54, 1.807) is 17.0 Å². The first kappa shape index (κ1) is 16.5. The minimum absolute atomic E-state index is 0.100. The van der Waals surface area contributed by atoms with Crippen molar-refractivity contribution in [2.45, 2.75) is 30.4 Å². The maximum absolute atomic E-state index is 12.6. The third-order valence-electron chi connectivity index (χ3n) is 5.65. The summed E-state index contributed by atoms with van der Waals surface area (Å²) in [4.78, 5) is 18.5. The maximum atomic E-state index is 12.6. The Morgan fingerprint density at radius 1 is 1.24 bits per heavy atom. The van der Waals surface area contributed by atoms with Gasteiger partial charge in [0.15, 0.2) is 0 Å². The molecule has 2 heterocycles. The van der Waals surface area contributed by atoms with Gasteiger partial charge in [-0.2, -0.15) is 0 Å². The van der Waals surface area contributed by atoms with Gasteiger partial charge >= 0.3 is 0 Å². The van der Waals surface area contributed by atoms with Crippen LogP contribution in [0.15, 0.2) is 42.6 Å². The molecule has 2 aliphatic rings. The Morgan fingerprint density at radius 2 is 1.96 bits per heavy atom. The fourth-order valence-electron chi connectivity index (χ4n) is 4.25. The summed E-state index contributed by atoms with van der Waals surface area (Å²) in [6, 6.07) is 10.9. The number of nitrogens with zero attached hydrogens (tertiary/aromatic N) is 2. The number of aliphatic hydroxyl groups excluding tert-OH is 1. The first-order valence-electron chi connectivity index (χ1n) is 8.47. The van der Waals surface area contributed by atoms with Crippen molar-refractivity contribution in [3.8, 4) is 0 Å². The van der Waals surface area contributed by atoms with Crippen molar-refractivity contribution in [2.24, 2.45) is 5.73 Å². The van der Waals surface area contributed by atoms with E-state index < -0.39 is 6.10 Å². The number of amides is 1. The first-order chi connectivity index (χ1) is 12.0. The number of fused-ring (bicyclic) bond motifs is 2. The number of piperidine rings is 1. The molecule has 0 bridgehead atoms. The Hall–Kier alpha value is -1.95. The number of nitrogens with two attached hydrogens (primary N) is 1. The van der Waals surface area contributed by atoms with Crippen LogP contribution in [0.25, 0.3) is 0 Å². The Kier molecular flexibility index (Phi) is 4.02. The van der Waals surface area contributed by atoms with Gasteiger partial charge in [0.1, 0.15) is 5.69 Å². The highest BCUT2D eigenvalue weighted by Gasteiger charge is 2.51. The van der Waals surface area contributed by atoms with Gasteiger partial charge < -0.3 is 15.7 Å². The van der Waals surface area contributed by atoms with Gasteiger partial charge in [-0.3, -0.25) is 4.79 Å². The minimum atomic E-state index is -0.615. The standard InChI is InChI=1S/C19H20ClN3O2/c20-12-5-6-15(22-11-12)18(25)23-9-7-19(8-10-23)14-4-2-1-3-13(14)16(21)17(19)24/h1-6,11,16-17,24H,7-10,21H2/t16-,17+/m1/s1. The predicted molar refractivity (Wildman–Crippen MR) is 95.4 cm³/mol. The van der Waals surface area contributed by atoms with Gasteiger partial charge in [0.05, 0.1) is 17.2 Å². The first-order valence-corrected chi connectivity index (χ1v) is 8.84. The molecule has 0 saturated carbocycles. The highest BCUT2D eigenvalue weighted by molar-refractivity contribution is 6.30. The highest BCUT2D eigenvalue weighted by atomic mass is 35.5. The van der Waals surface area contributed by atoms with Gasteiger partial charge in [-0.05, 0) is 36.1 Å². The third-order valence-corrected chi connectivity index (χ3v) is 5.88. The average Bonchev–Trinajstić information content (AvgIpc) is 2.85. The van der Waals surface area contributed by atoms with Crippen LogP contribution in [0, 0.1) is 0 Å². The van der Waals surface area contributed by atoms with Gasteiger partial charge in [0.2, 0.25) is 0 Å². The summed E-state index contributed by atoms with van der Waals surface area (Å²) in [5.74, 6) is -0.100. The lowest BCUT2D eigenvalue weighted by atomic mass is 9.72. The molecule has 1 amide bonds. The van der Waals surface area contributed by atoms with Gasteiger partial charge in [0, 0.05) is 24.7 Å². The molecule has 1 saturated heterocycles. The van der Waals surface area contributed by atoms with Crippen molar-refractivity contribution in [3.05, 3.63) is 64.4 Å². The summed E-state index contributed by atoms with van der Waals surface area (Å²) < 4.78 is 0. The van der Waals surface area contributed by atoms with Crippen molar-refractivity contribution >= 4 is 17.5 Å². The number of hydrogen-bond donors (Lipinski definition) is 2. The fraction of sp³-hybridized carbons (Fsp3) is 0.368. The van der Waals surface area contributed by atoms with Crippen LogP contribution < -0.4 is 5.73 Å². The van der Waals surface area contributed by atoms with Crippen molar-refractivity contribution in [2.75, 3.05) is 13.1 Å². The lowest BCUT2D eigenvalue weighted by molar-refractivity contribution is 0.0260. The van der Waals surface area contributed by atoms with E-state index in [1.165, 1.54) is 6.20 Å². The van der Waals surface area contributed by atoms with Crippen LogP contribution in [0.4, 0.5) is 0 Å². The van der Waals surface area contributed by atoms with Crippen LogP contribution in [0.2, 0.25) is 5.02 Å². The van der Waals surface area contributed by atoms with E-state index in [0.717, 1.165) is 11.1 Å². The zero-order valence-electron chi connectivity index (χ0n) is 13.7. The van der Waals surface area contributed by atoms with E-state index in [2.05, 4.69) is 11.1 Å². The van der Waals surface area contributed by atoms with E-state index >= 15 is 0 Å². The Labute approximate surface area is 151 Å². The molecule has 5 nitrogen and oxygen atoms in total. The SMILES string of the molecule is N[C@@H]1c2ccccc2C2(CCN(C(=O)c3ccc(Cl)cn3)CC2)[C@H]1O. The number of likely N-dealkylation sites (tertiary alicyclic amines) is 1. The highest BCUT2D eigenvalue weighted by Crippen LogP contribution is 2.50. The number of pyridine rings is 1. The van der Waals surface area contributed by atoms with Crippen LogP contribution in [-0.2, 0) is 5.41 Å². The lowest BCUT2D eigenvalue weighted by Crippen LogP contribution is -2.50. The number of rotatable bonds is 1. The normalized spacial score (nSPS) is 24.4. The van der Waals surface area contributed by atoms with Gasteiger partial charge in [-0.15, -0.1) is 0 Å². The number of carbonyl (C=O) groups is 1. The third kappa shape index (κ3) is 2.54. The summed E-state index contributed by atoms with van der Waals surface area (Å²) >= 11 is 5.83. The van der Waals surface area contributed by atoms with Crippen molar-refractivity contribution in [1.29, 1.82) is 0 Å². The zero-order chi connectivity index (χ0) is 17.6. The van der Waals surface area contributed by atoms with Gasteiger partial charge in [0.25, 0.3) is 5.91 Å². The van der Waals surface area contributed by atoms with Crippen LogP contribution in [0.3, 0.4) is 0 Å². The smallest absolute Gasteiger partial charge is 0.272 e. The molecule has 25 heavy (non-hydrogen) atoms. The van der Waals surface area contributed by atoms with Crippen LogP contribution in [-0.4, -0.2) is 40.1 Å². The van der Waals surface area contributed by atoms with Crippen LogP contribution in [0.1, 0.15) is 40.5 Å². The summed E-state index contributed by atoms with van der Waals surface area (Å²) in [5, 5.41) is 11.3. The molecule has 4 rings (SSSR count). The average molecular weight is 358 g/mol. The lowest BCUT2D eigenvalue weighted by Gasteiger charge is -2.42. The number of aromatic nitrogens is 1. The molecule has 1 aromatic carbocycles. The van der Waals surface area contributed by atoms with E-state index in [-0.39, 0.29) is 17.4 Å². The van der Waals surface area contributed by atoms with Crippen molar-refractivity contribution in [1.82, 2.24) is 9.88 Å². The molecule has 2 aromatic rings. The quantitative estimate of drug-likeness (QED) is 0.820.